The lowest BCUT2D eigenvalue weighted by atomic mass is 10.0. The maximum absolute atomic E-state index is 11.2. The maximum atomic E-state index is 11.2. The fraction of sp³-hybridized carbons (Fsp3) is 0.529. The molecule has 122 valence electrons. The van der Waals surface area contributed by atoms with Crippen LogP contribution >= 0.6 is 27.5 Å². The molecule has 0 fully saturated rings. The molecule has 0 aromatic heterocycles. The SMILES string of the molecule is C/C=C/[C@H]1C/C=C\C[C@@H](Cl)[C@@H](CC(C=C=CBr)OC(C)=O)O1. The molecule has 1 aliphatic heterocycles. The maximum Gasteiger partial charge on any atom is 0.303 e. The van der Waals surface area contributed by atoms with Gasteiger partial charge < -0.3 is 9.47 Å². The third kappa shape index (κ3) is 7.46. The van der Waals surface area contributed by atoms with Crippen LogP contribution in [0.5, 0.6) is 0 Å². The molecule has 1 rings (SSSR count). The van der Waals surface area contributed by atoms with E-state index in [0.717, 1.165) is 12.8 Å². The van der Waals surface area contributed by atoms with Crippen molar-refractivity contribution in [2.24, 2.45) is 0 Å². The Kier molecular flexibility index (Phi) is 9.49. The Hall–Kier alpha value is -0.800. The summed E-state index contributed by atoms with van der Waals surface area (Å²) in [4.78, 5) is 12.8. The molecule has 0 aromatic rings. The number of carbonyl (C=O) groups is 1. The zero-order chi connectivity index (χ0) is 16.4. The van der Waals surface area contributed by atoms with E-state index < -0.39 is 6.10 Å². The monoisotopic (exact) mass is 388 g/mol. The number of rotatable bonds is 5. The highest BCUT2D eigenvalue weighted by Gasteiger charge is 2.27. The first-order valence-electron chi connectivity index (χ1n) is 7.32. The van der Waals surface area contributed by atoms with E-state index in [4.69, 9.17) is 21.1 Å². The molecule has 0 N–H and O–H groups in total. The molecular formula is C17H22BrClO3. The van der Waals surface area contributed by atoms with Gasteiger partial charge in [-0.15, -0.1) is 17.3 Å². The van der Waals surface area contributed by atoms with Crippen LogP contribution in [-0.4, -0.2) is 29.7 Å². The van der Waals surface area contributed by atoms with E-state index in [-0.39, 0.29) is 23.6 Å². The van der Waals surface area contributed by atoms with E-state index in [1.165, 1.54) is 6.92 Å². The van der Waals surface area contributed by atoms with Crippen molar-refractivity contribution in [1.82, 2.24) is 0 Å². The van der Waals surface area contributed by atoms with Crippen LogP contribution in [0, 0.1) is 0 Å². The van der Waals surface area contributed by atoms with Gasteiger partial charge in [0.1, 0.15) is 6.10 Å². The van der Waals surface area contributed by atoms with Crippen molar-refractivity contribution in [2.45, 2.75) is 56.8 Å². The summed E-state index contributed by atoms with van der Waals surface area (Å²) in [5.41, 5.74) is 2.89. The number of ether oxygens (including phenoxy) is 2. The quantitative estimate of drug-likeness (QED) is 0.297. The molecule has 0 aromatic carbocycles. The molecule has 4 atom stereocenters. The number of esters is 1. The van der Waals surface area contributed by atoms with E-state index in [1.54, 1.807) is 11.1 Å². The summed E-state index contributed by atoms with van der Waals surface area (Å²) in [6.07, 6.45) is 11.3. The van der Waals surface area contributed by atoms with E-state index in [0.29, 0.717) is 6.42 Å². The van der Waals surface area contributed by atoms with Crippen molar-refractivity contribution in [3.05, 3.63) is 41.1 Å². The summed E-state index contributed by atoms with van der Waals surface area (Å²) in [5.74, 6) is -0.334. The predicted octanol–water partition coefficient (Wildman–Crippen LogP) is 4.66. The normalized spacial score (nSPS) is 28.1. The van der Waals surface area contributed by atoms with Gasteiger partial charge in [-0.25, -0.2) is 0 Å². The predicted molar refractivity (Wildman–Crippen MR) is 93.2 cm³/mol. The number of hydrogen-bond acceptors (Lipinski definition) is 3. The van der Waals surface area contributed by atoms with Gasteiger partial charge in [-0.1, -0.05) is 40.2 Å². The highest BCUT2D eigenvalue weighted by Crippen LogP contribution is 2.24. The molecule has 22 heavy (non-hydrogen) atoms. The first-order chi connectivity index (χ1) is 10.6. The minimum Gasteiger partial charge on any atom is -0.458 e. The van der Waals surface area contributed by atoms with Crippen molar-refractivity contribution in [3.63, 3.8) is 0 Å². The number of carbonyl (C=O) groups excluding carboxylic acids is 1. The second-order valence-corrected chi connectivity index (χ2v) is 6.04. The van der Waals surface area contributed by atoms with Crippen LogP contribution in [0.25, 0.3) is 0 Å². The van der Waals surface area contributed by atoms with E-state index in [1.807, 2.05) is 19.1 Å². The van der Waals surface area contributed by atoms with Crippen LogP contribution in [0.3, 0.4) is 0 Å². The molecule has 1 unspecified atom stereocenters. The summed E-state index contributed by atoms with van der Waals surface area (Å²) in [7, 11) is 0. The Morgan fingerprint density at radius 1 is 1.55 bits per heavy atom. The van der Waals surface area contributed by atoms with E-state index in [2.05, 4.69) is 33.8 Å². The standard InChI is InChI=1S/C17H22BrClO3/c1-3-7-14-8-4-5-10-16(19)17(22-14)12-15(9-6-11-18)21-13(2)20/h3-5,7,9,11,14-17H,8,10,12H2,1-2H3/b5-4-,7-3+/t6?,14-,15?,16+,17+/m0/s1. The van der Waals surface area contributed by atoms with Gasteiger partial charge in [-0.05, 0) is 25.8 Å². The number of halogens is 2. The van der Waals surface area contributed by atoms with Crippen LogP contribution in [0.1, 0.15) is 33.1 Å². The molecule has 1 heterocycles. The Morgan fingerprint density at radius 2 is 2.27 bits per heavy atom. The van der Waals surface area contributed by atoms with Crippen molar-refractivity contribution < 1.29 is 14.3 Å². The summed E-state index contributed by atoms with van der Waals surface area (Å²) < 4.78 is 11.4. The molecule has 0 aliphatic carbocycles. The zero-order valence-corrected chi connectivity index (χ0v) is 15.2. The Balaban J connectivity index is 2.84. The van der Waals surface area contributed by atoms with Gasteiger partial charge in [-0.2, -0.15) is 0 Å². The average Bonchev–Trinajstić information content (AvgIpc) is 2.45. The fourth-order valence-electron chi connectivity index (χ4n) is 2.25. The summed E-state index contributed by atoms with van der Waals surface area (Å²) in [6, 6.07) is 0. The second-order valence-electron chi connectivity index (χ2n) is 5.02. The Bertz CT molecular complexity index is 467. The van der Waals surface area contributed by atoms with Crippen LogP contribution in [0.4, 0.5) is 0 Å². The molecule has 0 saturated carbocycles. The van der Waals surface area contributed by atoms with Gasteiger partial charge in [0.25, 0.3) is 0 Å². The lowest BCUT2D eigenvalue weighted by Crippen LogP contribution is -2.34. The summed E-state index contributed by atoms with van der Waals surface area (Å²) in [6.45, 7) is 3.35. The fourth-order valence-corrected chi connectivity index (χ4v) is 2.67. The van der Waals surface area contributed by atoms with Crippen molar-refractivity contribution in [1.29, 1.82) is 0 Å². The lowest BCUT2D eigenvalue weighted by molar-refractivity contribution is -0.145. The van der Waals surface area contributed by atoms with Gasteiger partial charge in [0, 0.05) is 18.3 Å². The number of hydrogen-bond donors (Lipinski definition) is 0. The average molecular weight is 390 g/mol. The molecule has 0 radical (unpaired) electrons. The Labute approximate surface area is 145 Å². The molecule has 3 nitrogen and oxygen atoms in total. The van der Waals surface area contributed by atoms with Crippen LogP contribution in [0.15, 0.2) is 41.1 Å². The van der Waals surface area contributed by atoms with Crippen molar-refractivity contribution in [2.75, 3.05) is 0 Å². The molecule has 1 aliphatic rings. The lowest BCUT2D eigenvalue weighted by Gasteiger charge is -2.29. The van der Waals surface area contributed by atoms with Gasteiger partial charge in [0.15, 0.2) is 0 Å². The minimum absolute atomic E-state index is 0.0125. The van der Waals surface area contributed by atoms with Crippen LogP contribution in [0.2, 0.25) is 0 Å². The van der Waals surface area contributed by atoms with Crippen molar-refractivity contribution in [3.8, 4) is 0 Å². The third-order valence-electron chi connectivity index (χ3n) is 3.18. The molecule has 0 amide bonds. The first-order valence-corrected chi connectivity index (χ1v) is 8.67. The summed E-state index contributed by atoms with van der Waals surface area (Å²) >= 11 is 9.60. The summed E-state index contributed by atoms with van der Waals surface area (Å²) in [5, 5.41) is -0.163. The molecule has 0 saturated heterocycles. The molecule has 0 spiro atoms. The smallest absolute Gasteiger partial charge is 0.303 e. The van der Waals surface area contributed by atoms with Gasteiger partial charge in [0.05, 0.1) is 17.6 Å². The van der Waals surface area contributed by atoms with Gasteiger partial charge in [-0.3, -0.25) is 4.79 Å². The van der Waals surface area contributed by atoms with Crippen molar-refractivity contribution >= 4 is 33.5 Å². The number of alkyl halides is 1. The molecular weight excluding hydrogens is 368 g/mol. The number of allylic oxidation sites excluding steroid dienone is 2. The molecule has 5 heteroatoms. The Morgan fingerprint density at radius 3 is 2.91 bits per heavy atom. The molecule has 0 bridgehead atoms. The third-order valence-corrected chi connectivity index (χ3v) is 3.91. The van der Waals surface area contributed by atoms with Gasteiger partial charge >= 0.3 is 5.97 Å². The van der Waals surface area contributed by atoms with Crippen LogP contribution in [-0.2, 0) is 14.3 Å². The van der Waals surface area contributed by atoms with Crippen LogP contribution < -0.4 is 0 Å². The van der Waals surface area contributed by atoms with Gasteiger partial charge in [0.2, 0.25) is 0 Å². The van der Waals surface area contributed by atoms with E-state index in [9.17, 15) is 4.79 Å². The van der Waals surface area contributed by atoms with E-state index >= 15 is 0 Å². The largest absolute Gasteiger partial charge is 0.458 e. The highest BCUT2D eigenvalue weighted by molar-refractivity contribution is 9.11. The minimum atomic E-state index is -0.410. The topological polar surface area (TPSA) is 35.5 Å². The highest BCUT2D eigenvalue weighted by atomic mass is 79.9. The second kappa shape index (κ2) is 10.8. The zero-order valence-electron chi connectivity index (χ0n) is 12.9. The first kappa shape index (κ1) is 19.2.